The smallest absolute Gasteiger partial charge is 0.150 e. The maximum Gasteiger partial charge on any atom is 0.150 e. The van der Waals surface area contributed by atoms with Gasteiger partial charge in [-0.25, -0.2) is 8.42 Å². The van der Waals surface area contributed by atoms with Crippen LogP contribution >= 0.6 is 0 Å². The largest absolute Gasteiger partial charge is 0.388 e. The highest BCUT2D eigenvalue weighted by Crippen LogP contribution is 2.31. The zero-order valence-electron chi connectivity index (χ0n) is 11.8. The Morgan fingerprint density at radius 1 is 1.21 bits per heavy atom. The molecule has 1 fully saturated rings. The summed E-state index contributed by atoms with van der Waals surface area (Å²) in [5, 5.41) is 10.4. The van der Waals surface area contributed by atoms with Crippen LogP contribution < -0.4 is 0 Å². The van der Waals surface area contributed by atoms with E-state index in [0.717, 1.165) is 11.1 Å². The van der Waals surface area contributed by atoms with Crippen LogP contribution in [0.2, 0.25) is 0 Å². The molecule has 0 saturated carbocycles. The minimum atomic E-state index is -2.86. The molecule has 106 valence electrons. The fraction of sp³-hybridized carbons (Fsp3) is 0.600. The third-order valence-corrected chi connectivity index (χ3v) is 5.96. The molecule has 1 aliphatic rings. The van der Waals surface area contributed by atoms with Crippen LogP contribution in [0, 0.1) is 26.7 Å². The summed E-state index contributed by atoms with van der Waals surface area (Å²) in [6.45, 7) is 6.09. The van der Waals surface area contributed by atoms with Crippen LogP contribution in [0.3, 0.4) is 0 Å². The first kappa shape index (κ1) is 14.5. The molecule has 1 aliphatic heterocycles. The summed E-state index contributed by atoms with van der Waals surface area (Å²) >= 11 is 0. The van der Waals surface area contributed by atoms with E-state index in [4.69, 9.17) is 0 Å². The molecule has 2 atom stereocenters. The van der Waals surface area contributed by atoms with Crippen molar-refractivity contribution in [2.24, 2.45) is 5.92 Å². The molecule has 0 aromatic heterocycles. The second-order valence-corrected chi connectivity index (χ2v) is 8.04. The Morgan fingerprint density at radius 2 is 1.84 bits per heavy atom. The van der Waals surface area contributed by atoms with Gasteiger partial charge in [-0.15, -0.1) is 0 Å². The average molecular weight is 282 g/mol. The highest BCUT2D eigenvalue weighted by atomic mass is 32.2. The Morgan fingerprint density at radius 3 is 2.42 bits per heavy atom. The maximum atomic E-state index is 11.4. The van der Waals surface area contributed by atoms with E-state index in [2.05, 4.69) is 13.0 Å². The van der Waals surface area contributed by atoms with E-state index in [0.29, 0.717) is 12.8 Å². The van der Waals surface area contributed by atoms with Crippen LogP contribution in [-0.2, 0) is 9.84 Å². The van der Waals surface area contributed by atoms with E-state index in [1.807, 2.05) is 19.9 Å². The van der Waals surface area contributed by atoms with Gasteiger partial charge in [0.2, 0.25) is 0 Å². The Kier molecular flexibility index (Phi) is 4.02. The molecule has 3 nitrogen and oxygen atoms in total. The summed E-state index contributed by atoms with van der Waals surface area (Å²) in [5.74, 6) is 0.602. The van der Waals surface area contributed by atoms with Crippen molar-refractivity contribution in [3.63, 3.8) is 0 Å². The third-order valence-electron chi connectivity index (χ3n) is 4.12. The van der Waals surface area contributed by atoms with E-state index in [1.54, 1.807) is 0 Å². The van der Waals surface area contributed by atoms with E-state index >= 15 is 0 Å². The molecule has 0 radical (unpaired) electrons. The number of aliphatic hydroxyl groups excluding tert-OH is 1. The summed E-state index contributed by atoms with van der Waals surface area (Å²) in [5.41, 5.74) is 4.40. The van der Waals surface area contributed by atoms with Gasteiger partial charge in [0.25, 0.3) is 0 Å². The first-order valence-corrected chi connectivity index (χ1v) is 8.57. The summed E-state index contributed by atoms with van der Waals surface area (Å²) in [6, 6.07) is 4.11. The van der Waals surface area contributed by atoms with Crippen LogP contribution in [0.1, 0.15) is 41.2 Å². The number of hydrogen-bond donors (Lipinski definition) is 1. The lowest BCUT2D eigenvalue weighted by atomic mass is 9.91. The van der Waals surface area contributed by atoms with Gasteiger partial charge in [-0.1, -0.05) is 12.1 Å². The molecule has 4 heteroatoms. The van der Waals surface area contributed by atoms with E-state index < -0.39 is 15.9 Å². The average Bonchev–Trinajstić information content (AvgIpc) is 2.63. The third kappa shape index (κ3) is 3.37. The monoisotopic (exact) mass is 282 g/mol. The molecule has 0 spiro atoms. The minimum absolute atomic E-state index is 0.0982. The van der Waals surface area contributed by atoms with Crippen molar-refractivity contribution in [2.45, 2.75) is 39.7 Å². The lowest BCUT2D eigenvalue weighted by Gasteiger charge is -2.18. The SMILES string of the molecule is Cc1cc(C)c(C(O)CC2CCS(=O)(=O)C2)cc1C. The zero-order valence-corrected chi connectivity index (χ0v) is 12.6. The molecule has 1 N–H and O–H groups in total. The molecule has 0 aliphatic carbocycles. The molecule has 19 heavy (non-hydrogen) atoms. The quantitative estimate of drug-likeness (QED) is 0.926. The van der Waals surface area contributed by atoms with Gasteiger partial charge in [0, 0.05) is 0 Å². The Hall–Kier alpha value is -0.870. The highest BCUT2D eigenvalue weighted by molar-refractivity contribution is 7.91. The van der Waals surface area contributed by atoms with E-state index in [9.17, 15) is 13.5 Å². The topological polar surface area (TPSA) is 54.4 Å². The minimum Gasteiger partial charge on any atom is -0.388 e. The van der Waals surface area contributed by atoms with Gasteiger partial charge in [-0.2, -0.15) is 0 Å². The zero-order chi connectivity index (χ0) is 14.2. The lowest BCUT2D eigenvalue weighted by molar-refractivity contribution is 0.148. The van der Waals surface area contributed by atoms with Crippen molar-refractivity contribution in [3.8, 4) is 0 Å². The number of hydrogen-bond acceptors (Lipinski definition) is 3. The first-order valence-electron chi connectivity index (χ1n) is 6.75. The van der Waals surface area contributed by atoms with Crippen molar-refractivity contribution in [2.75, 3.05) is 11.5 Å². The molecule has 2 rings (SSSR count). The normalized spacial score (nSPS) is 23.5. The van der Waals surface area contributed by atoms with Crippen LogP contribution in [0.25, 0.3) is 0 Å². The molecule has 1 aromatic rings. The van der Waals surface area contributed by atoms with Crippen LogP contribution in [-0.4, -0.2) is 25.0 Å². The molecule has 1 aromatic carbocycles. The van der Waals surface area contributed by atoms with Gasteiger partial charge in [0.15, 0.2) is 9.84 Å². The van der Waals surface area contributed by atoms with Gasteiger partial charge in [-0.05, 0) is 61.8 Å². The standard InChI is InChI=1S/C15H22O3S/c1-10-6-12(3)14(7-11(10)2)15(16)8-13-4-5-19(17,18)9-13/h6-7,13,15-16H,4-5,8-9H2,1-3H3. The van der Waals surface area contributed by atoms with Gasteiger partial charge < -0.3 is 5.11 Å². The summed E-state index contributed by atoms with van der Waals surface area (Å²) in [4.78, 5) is 0. The number of aryl methyl sites for hydroxylation is 3. The van der Waals surface area contributed by atoms with Gasteiger partial charge in [-0.3, -0.25) is 0 Å². The van der Waals surface area contributed by atoms with Gasteiger partial charge >= 0.3 is 0 Å². The molecular weight excluding hydrogens is 260 g/mol. The van der Waals surface area contributed by atoms with Crippen LogP contribution in [0.15, 0.2) is 12.1 Å². The van der Waals surface area contributed by atoms with Crippen molar-refractivity contribution < 1.29 is 13.5 Å². The summed E-state index contributed by atoms with van der Waals surface area (Å²) in [7, 11) is -2.86. The first-order chi connectivity index (χ1) is 8.78. The van der Waals surface area contributed by atoms with Gasteiger partial charge in [0.1, 0.15) is 0 Å². The van der Waals surface area contributed by atoms with Crippen LogP contribution in [0.5, 0.6) is 0 Å². The number of sulfone groups is 1. The van der Waals surface area contributed by atoms with Crippen molar-refractivity contribution in [1.29, 1.82) is 0 Å². The summed E-state index contributed by atoms with van der Waals surface area (Å²) in [6.07, 6.45) is 0.670. The molecule has 0 bridgehead atoms. The van der Waals surface area contributed by atoms with Crippen molar-refractivity contribution >= 4 is 9.84 Å². The summed E-state index contributed by atoms with van der Waals surface area (Å²) < 4.78 is 22.9. The maximum absolute atomic E-state index is 11.4. The Bertz CT molecular complexity index is 575. The van der Waals surface area contributed by atoms with Crippen LogP contribution in [0.4, 0.5) is 0 Å². The molecule has 1 saturated heterocycles. The Balaban J connectivity index is 2.12. The van der Waals surface area contributed by atoms with Crippen molar-refractivity contribution in [1.82, 2.24) is 0 Å². The second-order valence-electron chi connectivity index (χ2n) is 5.81. The van der Waals surface area contributed by atoms with Crippen molar-refractivity contribution in [3.05, 3.63) is 34.4 Å². The van der Waals surface area contributed by atoms with E-state index in [-0.39, 0.29) is 17.4 Å². The number of aliphatic hydroxyl groups is 1. The lowest BCUT2D eigenvalue weighted by Crippen LogP contribution is -2.10. The molecule has 2 unspecified atom stereocenters. The fourth-order valence-corrected chi connectivity index (χ4v) is 4.72. The number of benzene rings is 1. The fourth-order valence-electron chi connectivity index (χ4n) is 2.84. The van der Waals surface area contributed by atoms with E-state index in [1.165, 1.54) is 11.1 Å². The predicted octanol–water partition coefficient (Wildman–Crippen LogP) is 2.47. The highest BCUT2D eigenvalue weighted by Gasteiger charge is 2.30. The second kappa shape index (κ2) is 5.25. The Labute approximate surface area is 115 Å². The molecule has 1 heterocycles. The molecule has 0 amide bonds. The predicted molar refractivity (Wildman–Crippen MR) is 77.0 cm³/mol. The molecular formula is C15H22O3S. The number of rotatable bonds is 3. The van der Waals surface area contributed by atoms with Gasteiger partial charge in [0.05, 0.1) is 17.6 Å².